The first-order valence-electron chi connectivity index (χ1n) is 3.49. The van der Waals surface area contributed by atoms with E-state index in [1.165, 1.54) is 5.56 Å². The van der Waals surface area contributed by atoms with Gasteiger partial charge < -0.3 is 4.90 Å². The number of anilines is 1. The van der Waals surface area contributed by atoms with Gasteiger partial charge in [-0.05, 0) is 24.6 Å². The van der Waals surface area contributed by atoms with Crippen LogP contribution < -0.4 is 4.90 Å². The van der Waals surface area contributed by atoms with Gasteiger partial charge in [0.2, 0.25) is 0 Å². The van der Waals surface area contributed by atoms with Crippen LogP contribution in [0.25, 0.3) is 0 Å². The van der Waals surface area contributed by atoms with Crippen LogP contribution in [0.2, 0.25) is 0 Å². The third kappa shape index (κ3) is 2.02. The van der Waals surface area contributed by atoms with E-state index in [2.05, 4.69) is 19.1 Å². The molecule has 1 aromatic rings. The van der Waals surface area contributed by atoms with Gasteiger partial charge in [-0.2, -0.15) is 0 Å². The quantitative estimate of drug-likeness (QED) is 0.619. The van der Waals surface area contributed by atoms with Crippen LogP contribution in [0.15, 0.2) is 24.3 Å². The molecule has 0 atom stereocenters. The Bertz CT molecular complexity index is 257. The Morgan fingerprint density at radius 2 is 2.18 bits per heavy atom. The van der Waals surface area contributed by atoms with E-state index in [-0.39, 0.29) is 0 Å². The summed E-state index contributed by atoms with van der Waals surface area (Å²) in [6, 6.07) is 8.24. The van der Waals surface area contributed by atoms with Crippen molar-refractivity contribution in [3.63, 3.8) is 0 Å². The van der Waals surface area contributed by atoms with Gasteiger partial charge in [-0.25, -0.2) is 0 Å². The summed E-state index contributed by atoms with van der Waals surface area (Å²) < 4.78 is 0. The van der Waals surface area contributed by atoms with Crippen molar-refractivity contribution in [2.45, 2.75) is 6.92 Å². The number of aryl methyl sites for hydroxylation is 1. The second-order valence-electron chi connectivity index (χ2n) is 2.56. The van der Waals surface area contributed by atoms with Crippen LogP contribution in [0.5, 0.6) is 0 Å². The Morgan fingerprint density at radius 3 is 2.73 bits per heavy atom. The highest BCUT2D eigenvalue weighted by Gasteiger charge is 1.94. The van der Waals surface area contributed by atoms with Gasteiger partial charge in [0.25, 0.3) is 0 Å². The molecule has 0 aromatic heterocycles. The molecule has 1 rings (SSSR count). The van der Waals surface area contributed by atoms with Crippen LogP contribution in [-0.4, -0.2) is 12.5 Å². The van der Waals surface area contributed by atoms with Crippen LogP contribution in [-0.2, 0) is 0 Å². The molecular weight excluding hydrogens is 154 g/mol. The van der Waals surface area contributed by atoms with Gasteiger partial charge in [0.1, 0.15) is 0 Å². The third-order valence-electron chi connectivity index (χ3n) is 1.57. The highest BCUT2D eigenvalue weighted by atomic mass is 32.1. The van der Waals surface area contributed by atoms with Crippen molar-refractivity contribution in [1.29, 1.82) is 0 Å². The number of nitrogens with zero attached hydrogens (tertiary/aromatic N) is 1. The lowest BCUT2D eigenvalue weighted by atomic mass is 10.2. The predicted octanol–water partition coefficient (Wildman–Crippen LogP) is 2.39. The van der Waals surface area contributed by atoms with Crippen LogP contribution in [0.4, 0.5) is 5.69 Å². The molecule has 0 spiro atoms. The first-order valence-corrected chi connectivity index (χ1v) is 3.96. The van der Waals surface area contributed by atoms with Crippen LogP contribution in [0, 0.1) is 6.92 Å². The molecule has 11 heavy (non-hydrogen) atoms. The zero-order chi connectivity index (χ0) is 8.27. The maximum absolute atomic E-state index is 4.80. The maximum atomic E-state index is 4.80. The zero-order valence-corrected chi connectivity index (χ0v) is 7.56. The van der Waals surface area contributed by atoms with Gasteiger partial charge in [-0.15, -0.1) is 0 Å². The molecule has 0 heterocycles. The van der Waals surface area contributed by atoms with Gasteiger partial charge in [0.05, 0.1) is 5.49 Å². The molecule has 0 N–H and O–H groups in total. The summed E-state index contributed by atoms with van der Waals surface area (Å²) in [5.74, 6) is 0. The van der Waals surface area contributed by atoms with Crippen molar-refractivity contribution in [2.24, 2.45) is 0 Å². The van der Waals surface area contributed by atoms with Crippen molar-refractivity contribution < 1.29 is 0 Å². The Morgan fingerprint density at radius 1 is 1.45 bits per heavy atom. The van der Waals surface area contributed by atoms with Gasteiger partial charge in [0.15, 0.2) is 0 Å². The van der Waals surface area contributed by atoms with E-state index in [0.717, 1.165) is 5.69 Å². The van der Waals surface area contributed by atoms with E-state index < -0.39 is 0 Å². The fourth-order valence-electron chi connectivity index (χ4n) is 0.908. The summed E-state index contributed by atoms with van der Waals surface area (Å²) in [5.41, 5.74) is 4.03. The molecule has 0 fully saturated rings. The second-order valence-corrected chi connectivity index (χ2v) is 2.77. The lowest BCUT2D eigenvalue weighted by molar-refractivity contribution is 1.30. The van der Waals surface area contributed by atoms with Crippen molar-refractivity contribution in [3.8, 4) is 0 Å². The monoisotopic (exact) mass is 165 g/mol. The van der Waals surface area contributed by atoms with Crippen LogP contribution >= 0.6 is 12.2 Å². The Balaban J connectivity index is 2.95. The van der Waals surface area contributed by atoms with Gasteiger partial charge in [-0.3, -0.25) is 0 Å². The van der Waals surface area contributed by atoms with Crippen LogP contribution in [0.3, 0.4) is 0 Å². The summed E-state index contributed by atoms with van der Waals surface area (Å²) in [5, 5.41) is 0. The minimum absolute atomic E-state index is 1.14. The van der Waals surface area contributed by atoms with Crippen molar-refractivity contribution in [3.05, 3.63) is 29.8 Å². The van der Waals surface area contributed by atoms with E-state index >= 15 is 0 Å². The van der Waals surface area contributed by atoms with E-state index in [9.17, 15) is 0 Å². The topological polar surface area (TPSA) is 3.24 Å². The number of rotatable bonds is 2. The van der Waals surface area contributed by atoms with Gasteiger partial charge in [-0.1, -0.05) is 24.4 Å². The van der Waals surface area contributed by atoms with Crippen molar-refractivity contribution >= 4 is 23.4 Å². The molecule has 1 aromatic carbocycles. The van der Waals surface area contributed by atoms with Crippen molar-refractivity contribution in [2.75, 3.05) is 11.9 Å². The molecule has 0 unspecified atom stereocenters. The minimum Gasteiger partial charge on any atom is -0.342 e. The SMILES string of the molecule is Cc1cccc(N(C)C=S)c1. The first kappa shape index (κ1) is 8.21. The Hall–Kier alpha value is -0.890. The average Bonchev–Trinajstić information content (AvgIpc) is 2.03. The third-order valence-corrected chi connectivity index (χ3v) is 1.88. The summed E-state index contributed by atoms with van der Waals surface area (Å²) in [6.45, 7) is 2.07. The normalized spacial score (nSPS) is 9.27. The summed E-state index contributed by atoms with van der Waals surface area (Å²) in [6.07, 6.45) is 0. The summed E-state index contributed by atoms with van der Waals surface area (Å²) in [4.78, 5) is 1.92. The lowest BCUT2D eigenvalue weighted by Crippen LogP contribution is -2.12. The predicted molar refractivity (Wildman–Crippen MR) is 53.2 cm³/mol. The molecular formula is C9H11NS. The molecule has 0 aliphatic rings. The standard InChI is InChI=1S/C9H11NS/c1-8-4-3-5-9(6-8)10(2)7-11/h3-7H,1-2H3. The maximum Gasteiger partial charge on any atom is 0.0682 e. The highest BCUT2D eigenvalue weighted by molar-refractivity contribution is 7.79. The summed E-state index contributed by atoms with van der Waals surface area (Å²) >= 11 is 4.80. The van der Waals surface area contributed by atoms with E-state index in [0.29, 0.717) is 0 Å². The summed E-state index contributed by atoms with van der Waals surface area (Å²) in [7, 11) is 1.95. The van der Waals surface area contributed by atoms with E-state index in [1.807, 2.05) is 24.1 Å². The molecule has 0 amide bonds. The minimum atomic E-state index is 1.14. The number of thiocarbonyl (C=S) groups is 1. The second kappa shape index (κ2) is 3.49. The van der Waals surface area contributed by atoms with E-state index in [4.69, 9.17) is 12.2 Å². The fraction of sp³-hybridized carbons (Fsp3) is 0.222. The molecule has 58 valence electrons. The molecule has 2 heteroatoms. The number of hydrogen-bond donors (Lipinski definition) is 0. The fourth-order valence-corrected chi connectivity index (χ4v) is 1.03. The van der Waals surface area contributed by atoms with Crippen molar-refractivity contribution in [1.82, 2.24) is 0 Å². The zero-order valence-electron chi connectivity index (χ0n) is 6.74. The molecule has 0 aliphatic heterocycles. The highest BCUT2D eigenvalue weighted by Crippen LogP contribution is 2.12. The first-order chi connectivity index (χ1) is 5.24. The molecule has 0 radical (unpaired) electrons. The van der Waals surface area contributed by atoms with Gasteiger partial charge in [0, 0.05) is 12.7 Å². The van der Waals surface area contributed by atoms with Crippen LogP contribution in [0.1, 0.15) is 5.56 Å². The number of benzene rings is 1. The van der Waals surface area contributed by atoms with E-state index in [1.54, 1.807) is 5.49 Å². The Kier molecular flexibility index (Phi) is 2.60. The smallest absolute Gasteiger partial charge is 0.0682 e. The number of hydrogen-bond acceptors (Lipinski definition) is 1. The average molecular weight is 165 g/mol. The molecule has 1 nitrogen and oxygen atoms in total. The largest absolute Gasteiger partial charge is 0.342 e. The van der Waals surface area contributed by atoms with Gasteiger partial charge >= 0.3 is 0 Å². The Labute approximate surface area is 72.6 Å². The molecule has 0 aliphatic carbocycles. The molecule has 0 bridgehead atoms. The molecule has 0 saturated carbocycles. The molecule has 0 saturated heterocycles. The lowest BCUT2D eigenvalue weighted by Gasteiger charge is -2.12.